The Kier molecular flexibility index (Phi) is 5.11. The number of ether oxygens (including phenoxy) is 1. The first-order chi connectivity index (χ1) is 8.06. The van der Waals surface area contributed by atoms with Crippen molar-refractivity contribution in [1.29, 1.82) is 0 Å². The van der Waals surface area contributed by atoms with Crippen LogP contribution < -0.4 is 0 Å². The third kappa shape index (κ3) is 3.82. The van der Waals surface area contributed by atoms with E-state index in [-0.39, 0.29) is 12.4 Å². The van der Waals surface area contributed by atoms with E-state index in [1.807, 2.05) is 39.0 Å². The van der Waals surface area contributed by atoms with E-state index >= 15 is 0 Å². The van der Waals surface area contributed by atoms with E-state index in [4.69, 9.17) is 4.74 Å². The Morgan fingerprint density at radius 1 is 1.18 bits per heavy atom. The zero-order valence-corrected chi connectivity index (χ0v) is 11.0. The van der Waals surface area contributed by atoms with E-state index in [9.17, 15) is 4.79 Å². The van der Waals surface area contributed by atoms with Crippen molar-refractivity contribution in [2.45, 2.75) is 27.7 Å². The molecule has 0 amide bonds. The summed E-state index contributed by atoms with van der Waals surface area (Å²) in [7, 11) is 0. The number of carbonyl (C=O) groups excluding carboxylic acids is 1. The van der Waals surface area contributed by atoms with Gasteiger partial charge >= 0.3 is 0 Å². The molecule has 0 radical (unpaired) electrons. The summed E-state index contributed by atoms with van der Waals surface area (Å²) in [6.07, 6.45) is 3.80. The van der Waals surface area contributed by atoms with E-state index in [0.717, 1.165) is 16.7 Å². The number of hydrogen-bond acceptors (Lipinski definition) is 2. The molecule has 0 aromatic heterocycles. The molecule has 0 fully saturated rings. The van der Waals surface area contributed by atoms with Gasteiger partial charge in [0, 0.05) is 5.56 Å². The van der Waals surface area contributed by atoms with Crippen molar-refractivity contribution >= 4 is 5.78 Å². The number of ketones is 1. The SMILES string of the molecule is CC=CCOCC(=O)c1cc(C)c(C)cc1C. The summed E-state index contributed by atoms with van der Waals surface area (Å²) in [5, 5.41) is 0. The third-order valence-corrected chi connectivity index (χ3v) is 2.82. The number of hydrogen-bond donors (Lipinski definition) is 0. The van der Waals surface area contributed by atoms with Gasteiger partial charge < -0.3 is 4.74 Å². The Bertz CT molecular complexity index is 431. The molecule has 17 heavy (non-hydrogen) atoms. The highest BCUT2D eigenvalue weighted by molar-refractivity contribution is 5.98. The molecule has 0 N–H and O–H groups in total. The van der Waals surface area contributed by atoms with Crippen LogP contribution in [-0.2, 0) is 4.74 Å². The average molecular weight is 232 g/mol. The largest absolute Gasteiger partial charge is 0.369 e. The third-order valence-electron chi connectivity index (χ3n) is 2.82. The van der Waals surface area contributed by atoms with Crippen molar-refractivity contribution in [2.75, 3.05) is 13.2 Å². The molecule has 1 aromatic carbocycles. The van der Waals surface area contributed by atoms with E-state index in [0.29, 0.717) is 6.61 Å². The summed E-state index contributed by atoms with van der Waals surface area (Å²) in [6, 6.07) is 4.00. The molecule has 0 atom stereocenters. The van der Waals surface area contributed by atoms with Gasteiger partial charge in [0.1, 0.15) is 6.61 Å². The van der Waals surface area contributed by atoms with Gasteiger partial charge in [0.05, 0.1) is 6.61 Å². The first-order valence-corrected chi connectivity index (χ1v) is 5.86. The molecule has 0 spiro atoms. The molecule has 1 rings (SSSR count). The normalized spacial score (nSPS) is 11.1. The molecule has 0 unspecified atom stereocenters. The molecule has 92 valence electrons. The second-order valence-electron chi connectivity index (χ2n) is 4.26. The monoisotopic (exact) mass is 232 g/mol. The van der Waals surface area contributed by atoms with Gasteiger partial charge in [-0.3, -0.25) is 4.79 Å². The maximum absolute atomic E-state index is 11.9. The molecule has 0 aliphatic rings. The molecule has 0 aliphatic heterocycles. The lowest BCUT2D eigenvalue weighted by atomic mass is 9.98. The van der Waals surface area contributed by atoms with Crippen molar-refractivity contribution < 1.29 is 9.53 Å². The minimum Gasteiger partial charge on any atom is -0.369 e. The van der Waals surface area contributed by atoms with Crippen LogP contribution in [0.5, 0.6) is 0 Å². The van der Waals surface area contributed by atoms with Crippen LogP contribution in [0.15, 0.2) is 24.3 Å². The lowest BCUT2D eigenvalue weighted by Gasteiger charge is -2.08. The fourth-order valence-corrected chi connectivity index (χ4v) is 1.65. The summed E-state index contributed by atoms with van der Waals surface area (Å²) >= 11 is 0. The quantitative estimate of drug-likeness (QED) is 0.442. The molecule has 0 bridgehead atoms. The second-order valence-corrected chi connectivity index (χ2v) is 4.26. The fourth-order valence-electron chi connectivity index (χ4n) is 1.65. The summed E-state index contributed by atoms with van der Waals surface area (Å²) in [6.45, 7) is 8.61. The standard InChI is InChI=1S/C15H20O2/c1-5-6-7-17-10-15(16)14-9-12(3)11(2)8-13(14)4/h5-6,8-9H,7,10H2,1-4H3. The Morgan fingerprint density at radius 3 is 2.47 bits per heavy atom. The first-order valence-electron chi connectivity index (χ1n) is 5.86. The number of allylic oxidation sites excluding steroid dienone is 1. The lowest BCUT2D eigenvalue weighted by Crippen LogP contribution is -2.11. The van der Waals surface area contributed by atoms with E-state index in [1.54, 1.807) is 0 Å². The second kappa shape index (κ2) is 6.36. The molecule has 0 aliphatic carbocycles. The number of Topliss-reactive ketones (excluding diaryl/α,β-unsaturated/α-hetero) is 1. The predicted octanol–water partition coefficient (Wildman–Crippen LogP) is 3.39. The van der Waals surface area contributed by atoms with Crippen LogP contribution in [0.4, 0.5) is 0 Å². The van der Waals surface area contributed by atoms with Crippen LogP contribution in [0.2, 0.25) is 0 Å². The Hall–Kier alpha value is -1.41. The summed E-state index contributed by atoms with van der Waals surface area (Å²) in [5.41, 5.74) is 4.16. The molecule has 0 saturated carbocycles. The van der Waals surface area contributed by atoms with Crippen molar-refractivity contribution in [2.24, 2.45) is 0 Å². The number of aryl methyl sites for hydroxylation is 3. The van der Waals surface area contributed by atoms with Gasteiger partial charge in [-0.1, -0.05) is 18.2 Å². The van der Waals surface area contributed by atoms with Crippen molar-refractivity contribution in [3.8, 4) is 0 Å². The van der Waals surface area contributed by atoms with Crippen LogP contribution in [0.25, 0.3) is 0 Å². The van der Waals surface area contributed by atoms with Crippen molar-refractivity contribution in [3.63, 3.8) is 0 Å². The topological polar surface area (TPSA) is 26.3 Å². The van der Waals surface area contributed by atoms with Crippen LogP contribution in [0.3, 0.4) is 0 Å². The van der Waals surface area contributed by atoms with Crippen LogP contribution >= 0.6 is 0 Å². The van der Waals surface area contributed by atoms with Crippen LogP contribution in [0, 0.1) is 20.8 Å². The Morgan fingerprint density at radius 2 is 1.82 bits per heavy atom. The summed E-state index contributed by atoms with van der Waals surface area (Å²) < 4.78 is 5.28. The highest BCUT2D eigenvalue weighted by atomic mass is 16.5. The Balaban J connectivity index is 2.72. The van der Waals surface area contributed by atoms with Gasteiger partial charge in [0.2, 0.25) is 0 Å². The molecule has 2 heteroatoms. The lowest BCUT2D eigenvalue weighted by molar-refractivity contribution is 0.0805. The molecule has 0 saturated heterocycles. The van der Waals surface area contributed by atoms with Gasteiger partial charge in [-0.25, -0.2) is 0 Å². The Labute approximate surface area is 103 Å². The maximum atomic E-state index is 11.9. The van der Waals surface area contributed by atoms with Crippen molar-refractivity contribution in [3.05, 3.63) is 46.5 Å². The van der Waals surface area contributed by atoms with E-state index in [2.05, 4.69) is 13.0 Å². The fraction of sp³-hybridized carbons (Fsp3) is 0.400. The minimum atomic E-state index is 0.0510. The zero-order valence-electron chi connectivity index (χ0n) is 11.0. The molecular formula is C15H20O2. The van der Waals surface area contributed by atoms with Gasteiger partial charge in [0.25, 0.3) is 0 Å². The average Bonchev–Trinajstić information content (AvgIpc) is 2.29. The minimum absolute atomic E-state index is 0.0510. The van der Waals surface area contributed by atoms with Crippen LogP contribution in [-0.4, -0.2) is 19.0 Å². The van der Waals surface area contributed by atoms with Crippen LogP contribution in [0.1, 0.15) is 34.0 Å². The molecular weight excluding hydrogens is 212 g/mol. The molecule has 1 aromatic rings. The highest BCUT2D eigenvalue weighted by Gasteiger charge is 2.10. The van der Waals surface area contributed by atoms with Gasteiger partial charge in [-0.15, -0.1) is 0 Å². The van der Waals surface area contributed by atoms with Crippen molar-refractivity contribution in [1.82, 2.24) is 0 Å². The van der Waals surface area contributed by atoms with Gasteiger partial charge in [-0.05, 0) is 50.5 Å². The van der Waals surface area contributed by atoms with E-state index < -0.39 is 0 Å². The summed E-state index contributed by atoms with van der Waals surface area (Å²) in [5.74, 6) is 0.0510. The maximum Gasteiger partial charge on any atom is 0.188 e. The zero-order chi connectivity index (χ0) is 12.8. The smallest absolute Gasteiger partial charge is 0.188 e. The predicted molar refractivity (Wildman–Crippen MR) is 70.6 cm³/mol. The van der Waals surface area contributed by atoms with Gasteiger partial charge in [-0.2, -0.15) is 0 Å². The molecule has 0 heterocycles. The molecule has 2 nitrogen and oxygen atoms in total. The first kappa shape index (κ1) is 13.7. The number of rotatable bonds is 5. The van der Waals surface area contributed by atoms with E-state index in [1.165, 1.54) is 5.56 Å². The summed E-state index contributed by atoms with van der Waals surface area (Å²) in [4.78, 5) is 11.9. The van der Waals surface area contributed by atoms with Gasteiger partial charge in [0.15, 0.2) is 5.78 Å². The number of benzene rings is 1. The number of carbonyl (C=O) groups is 1. The highest BCUT2D eigenvalue weighted by Crippen LogP contribution is 2.15.